The van der Waals surface area contributed by atoms with Crippen molar-refractivity contribution in [2.24, 2.45) is 0 Å². The lowest BCUT2D eigenvalue weighted by Crippen LogP contribution is -2.39. The smallest absolute Gasteiger partial charge is 0.227 e. The predicted molar refractivity (Wildman–Crippen MR) is 107 cm³/mol. The largest absolute Gasteiger partial charge is 0.342 e. The average molecular weight is 375 g/mol. The third-order valence-electron chi connectivity index (χ3n) is 5.45. The summed E-state index contributed by atoms with van der Waals surface area (Å²) in [6.07, 6.45) is 2.63. The quantitative estimate of drug-likeness (QED) is 0.702. The van der Waals surface area contributed by atoms with E-state index in [2.05, 4.69) is 46.7 Å². The van der Waals surface area contributed by atoms with Gasteiger partial charge in [0.2, 0.25) is 5.91 Å². The fraction of sp³-hybridized carbons (Fsp3) is 0.364. The highest BCUT2D eigenvalue weighted by Gasteiger charge is 2.24. The number of aryl methyl sites for hydroxylation is 2. The highest BCUT2D eigenvalue weighted by atomic mass is 16.2. The van der Waals surface area contributed by atoms with Gasteiger partial charge in [-0.2, -0.15) is 4.68 Å². The molecule has 0 aliphatic carbocycles. The fourth-order valence-corrected chi connectivity index (χ4v) is 3.91. The number of amides is 1. The maximum absolute atomic E-state index is 12.9. The molecule has 1 amide bonds. The van der Waals surface area contributed by atoms with Gasteiger partial charge in [-0.15, -0.1) is 5.10 Å². The van der Waals surface area contributed by atoms with Crippen LogP contribution in [0, 0.1) is 13.8 Å². The zero-order valence-electron chi connectivity index (χ0n) is 16.4. The van der Waals surface area contributed by atoms with Crippen LogP contribution in [0.2, 0.25) is 0 Å². The van der Waals surface area contributed by atoms with Crippen LogP contribution in [-0.2, 0) is 11.2 Å². The molecule has 0 radical (unpaired) electrons. The molecule has 2 aromatic carbocycles. The molecule has 0 saturated carbocycles. The monoisotopic (exact) mass is 375 g/mol. The molecule has 2 heterocycles. The molecule has 1 unspecified atom stereocenters. The van der Waals surface area contributed by atoms with Gasteiger partial charge in [0, 0.05) is 19.0 Å². The lowest BCUT2D eigenvalue weighted by Gasteiger charge is -2.33. The summed E-state index contributed by atoms with van der Waals surface area (Å²) in [4.78, 5) is 14.9. The Hall–Kier alpha value is -3.02. The van der Waals surface area contributed by atoms with Crippen LogP contribution < -0.4 is 0 Å². The molecular weight excluding hydrogens is 350 g/mol. The summed E-state index contributed by atoms with van der Waals surface area (Å²) in [7, 11) is 0. The SMILES string of the molecule is Cc1cccc(C2CCCN(C(=O)Cc3ccc(-n4nnnc4C)cc3)C2)c1. The first-order valence-electron chi connectivity index (χ1n) is 9.79. The van der Waals surface area contributed by atoms with E-state index in [-0.39, 0.29) is 5.91 Å². The van der Waals surface area contributed by atoms with Crippen molar-refractivity contribution < 1.29 is 4.79 Å². The highest BCUT2D eigenvalue weighted by Crippen LogP contribution is 2.27. The molecule has 1 atom stereocenters. The van der Waals surface area contributed by atoms with Gasteiger partial charge >= 0.3 is 0 Å². The zero-order chi connectivity index (χ0) is 19.5. The zero-order valence-corrected chi connectivity index (χ0v) is 16.4. The second-order valence-electron chi connectivity index (χ2n) is 7.57. The molecule has 4 rings (SSSR count). The maximum Gasteiger partial charge on any atom is 0.227 e. The van der Waals surface area contributed by atoms with Crippen molar-refractivity contribution in [1.82, 2.24) is 25.1 Å². The van der Waals surface area contributed by atoms with Gasteiger partial charge in [-0.25, -0.2) is 0 Å². The molecule has 3 aromatic rings. The topological polar surface area (TPSA) is 63.9 Å². The van der Waals surface area contributed by atoms with Crippen molar-refractivity contribution in [3.8, 4) is 5.69 Å². The number of nitrogens with zero attached hydrogens (tertiary/aromatic N) is 5. The molecule has 0 spiro atoms. The van der Waals surface area contributed by atoms with Gasteiger partial charge in [0.15, 0.2) is 5.82 Å². The second-order valence-corrected chi connectivity index (χ2v) is 7.57. The molecule has 1 aliphatic heterocycles. The van der Waals surface area contributed by atoms with Crippen molar-refractivity contribution in [3.05, 3.63) is 71.0 Å². The molecule has 144 valence electrons. The number of hydrogen-bond donors (Lipinski definition) is 0. The van der Waals surface area contributed by atoms with E-state index >= 15 is 0 Å². The van der Waals surface area contributed by atoms with E-state index in [4.69, 9.17) is 0 Å². The minimum absolute atomic E-state index is 0.198. The number of aromatic nitrogens is 4. The normalized spacial score (nSPS) is 16.9. The number of rotatable bonds is 4. The molecule has 1 aliphatic rings. The molecular formula is C22H25N5O. The van der Waals surface area contributed by atoms with E-state index in [9.17, 15) is 4.79 Å². The molecule has 1 aromatic heterocycles. The van der Waals surface area contributed by atoms with E-state index in [1.807, 2.05) is 36.1 Å². The lowest BCUT2D eigenvalue weighted by atomic mass is 9.89. The van der Waals surface area contributed by atoms with Gasteiger partial charge in [0.1, 0.15) is 0 Å². The van der Waals surface area contributed by atoms with Crippen molar-refractivity contribution in [3.63, 3.8) is 0 Å². The van der Waals surface area contributed by atoms with Crippen LogP contribution in [-0.4, -0.2) is 44.1 Å². The Morgan fingerprint density at radius 3 is 2.68 bits per heavy atom. The van der Waals surface area contributed by atoms with Gasteiger partial charge < -0.3 is 4.90 Å². The Labute approximate surface area is 165 Å². The number of benzene rings is 2. The third kappa shape index (κ3) is 3.96. The predicted octanol–water partition coefficient (Wildman–Crippen LogP) is 3.23. The van der Waals surface area contributed by atoms with Crippen LogP contribution in [0.5, 0.6) is 0 Å². The summed E-state index contributed by atoms with van der Waals surface area (Å²) in [6, 6.07) is 16.5. The molecule has 0 N–H and O–H groups in total. The van der Waals surface area contributed by atoms with Crippen LogP contribution in [0.15, 0.2) is 48.5 Å². The lowest BCUT2D eigenvalue weighted by molar-refractivity contribution is -0.131. The van der Waals surface area contributed by atoms with Crippen molar-refractivity contribution in [1.29, 1.82) is 0 Å². The fourth-order valence-electron chi connectivity index (χ4n) is 3.91. The average Bonchev–Trinajstić information content (AvgIpc) is 3.14. The van der Waals surface area contributed by atoms with Crippen molar-refractivity contribution >= 4 is 5.91 Å². The van der Waals surface area contributed by atoms with Crippen LogP contribution in [0.3, 0.4) is 0 Å². The summed E-state index contributed by atoms with van der Waals surface area (Å²) in [5.74, 6) is 1.37. The summed E-state index contributed by atoms with van der Waals surface area (Å²) in [6.45, 7) is 5.64. The summed E-state index contributed by atoms with van der Waals surface area (Å²) < 4.78 is 1.68. The van der Waals surface area contributed by atoms with E-state index in [0.717, 1.165) is 43.0 Å². The minimum atomic E-state index is 0.198. The first-order valence-corrected chi connectivity index (χ1v) is 9.79. The highest BCUT2D eigenvalue weighted by molar-refractivity contribution is 5.79. The Kier molecular flexibility index (Phi) is 5.19. The van der Waals surface area contributed by atoms with Gasteiger partial charge in [0.25, 0.3) is 0 Å². The van der Waals surface area contributed by atoms with Gasteiger partial charge in [-0.05, 0) is 60.4 Å². The molecule has 1 fully saturated rings. The summed E-state index contributed by atoms with van der Waals surface area (Å²) in [5.41, 5.74) is 4.53. The standard InChI is InChI=1S/C22H25N5O/c1-16-5-3-6-19(13-16)20-7-4-12-26(15-20)22(28)14-18-8-10-21(11-9-18)27-17(2)23-24-25-27/h3,5-6,8-11,13,20H,4,7,12,14-15H2,1-2H3. The van der Waals surface area contributed by atoms with E-state index in [1.165, 1.54) is 11.1 Å². The van der Waals surface area contributed by atoms with Crippen molar-refractivity contribution in [2.75, 3.05) is 13.1 Å². The molecule has 6 heteroatoms. The first kappa shape index (κ1) is 18.3. The summed E-state index contributed by atoms with van der Waals surface area (Å²) in [5, 5.41) is 11.5. The Bertz CT molecular complexity index is 963. The molecule has 28 heavy (non-hydrogen) atoms. The van der Waals surface area contributed by atoms with Gasteiger partial charge in [-0.1, -0.05) is 42.0 Å². The molecule has 1 saturated heterocycles. The van der Waals surface area contributed by atoms with E-state index in [0.29, 0.717) is 12.3 Å². The number of carbonyl (C=O) groups is 1. The number of piperidine rings is 1. The number of likely N-dealkylation sites (tertiary alicyclic amines) is 1. The van der Waals surface area contributed by atoms with Crippen molar-refractivity contribution in [2.45, 2.75) is 39.0 Å². The maximum atomic E-state index is 12.9. The van der Waals surface area contributed by atoms with Gasteiger partial charge in [0.05, 0.1) is 12.1 Å². The number of carbonyl (C=O) groups excluding carboxylic acids is 1. The second kappa shape index (κ2) is 7.92. The minimum Gasteiger partial charge on any atom is -0.342 e. The van der Waals surface area contributed by atoms with E-state index in [1.54, 1.807) is 4.68 Å². The van der Waals surface area contributed by atoms with Crippen LogP contribution in [0.1, 0.15) is 41.3 Å². The Balaban J connectivity index is 1.41. The number of tetrazole rings is 1. The Morgan fingerprint density at radius 1 is 1.14 bits per heavy atom. The summed E-state index contributed by atoms with van der Waals surface area (Å²) >= 11 is 0. The van der Waals surface area contributed by atoms with Crippen LogP contribution in [0.25, 0.3) is 5.69 Å². The first-order chi connectivity index (χ1) is 13.6. The third-order valence-corrected chi connectivity index (χ3v) is 5.45. The number of hydrogen-bond acceptors (Lipinski definition) is 4. The van der Waals surface area contributed by atoms with Crippen LogP contribution >= 0.6 is 0 Å². The van der Waals surface area contributed by atoms with Gasteiger partial charge in [-0.3, -0.25) is 4.79 Å². The Morgan fingerprint density at radius 2 is 1.96 bits per heavy atom. The van der Waals surface area contributed by atoms with Crippen LogP contribution in [0.4, 0.5) is 0 Å². The molecule has 0 bridgehead atoms. The molecule has 6 nitrogen and oxygen atoms in total. The van der Waals surface area contributed by atoms with E-state index < -0.39 is 0 Å².